The summed E-state index contributed by atoms with van der Waals surface area (Å²) >= 11 is 5.94. The third-order valence-corrected chi connectivity index (χ3v) is 3.17. The molecule has 1 atom stereocenters. The van der Waals surface area contributed by atoms with Gasteiger partial charge in [0.15, 0.2) is 0 Å². The second-order valence-corrected chi connectivity index (χ2v) is 5.28. The zero-order chi connectivity index (χ0) is 11.5. The molecule has 2 nitrogen and oxygen atoms in total. The summed E-state index contributed by atoms with van der Waals surface area (Å²) in [6, 6.07) is 4.59. The van der Waals surface area contributed by atoms with Crippen LogP contribution in [0, 0.1) is 12.8 Å². The molecular formula is C13H19ClN2. The lowest BCUT2D eigenvalue weighted by Gasteiger charge is -2.13. The van der Waals surface area contributed by atoms with Crippen LogP contribution in [0.4, 0.5) is 0 Å². The molecule has 1 aliphatic carbocycles. The first kappa shape index (κ1) is 11.9. The summed E-state index contributed by atoms with van der Waals surface area (Å²) in [6.45, 7) is 5.38. The molecule has 0 bridgehead atoms. The fourth-order valence-electron chi connectivity index (χ4n) is 1.93. The van der Waals surface area contributed by atoms with E-state index in [2.05, 4.69) is 23.3 Å². The lowest BCUT2D eigenvalue weighted by molar-refractivity contribution is 0.525. The molecular weight excluding hydrogens is 220 g/mol. The number of nitrogens with one attached hydrogen (secondary N) is 1. The van der Waals surface area contributed by atoms with Crippen molar-refractivity contribution in [2.75, 3.05) is 6.54 Å². The van der Waals surface area contributed by atoms with Crippen LogP contribution < -0.4 is 5.32 Å². The highest BCUT2D eigenvalue weighted by atomic mass is 35.5. The zero-order valence-corrected chi connectivity index (χ0v) is 10.7. The molecule has 0 radical (unpaired) electrons. The minimum atomic E-state index is 0.512. The number of halogens is 1. The molecule has 0 saturated heterocycles. The first-order valence-corrected chi connectivity index (χ1v) is 6.37. The molecule has 1 heterocycles. The van der Waals surface area contributed by atoms with Crippen molar-refractivity contribution in [3.05, 3.63) is 28.5 Å². The third-order valence-electron chi connectivity index (χ3n) is 2.98. The Kier molecular flexibility index (Phi) is 3.82. The van der Waals surface area contributed by atoms with E-state index in [1.165, 1.54) is 24.9 Å². The third kappa shape index (κ3) is 3.76. The predicted molar refractivity (Wildman–Crippen MR) is 67.9 cm³/mol. The Morgan fingerprint density at radius 3 is 2.88 bits per heavy atom. The van der Waals surface area contributed by atoms with Gasteiger partial charge in [-0.05, 0) is 63.3 Å². The van der Waals surface area contributed by atoms with Gasteiger partial charge in [-0.15, -0.1) is 0 Å². The maximum absolute atomic E-state index is 5.94. The first-order valence-electron chi connectivity index (χ1n) is 6.00. The fourth-order valence-corrected chi connectivity index (χ4v) is 2.20. The number of nitrogens with zero attached hydrogens (tertiary/aromatic N) is 1. The van der Waals surface area contributed by atoms with Gasteiger partial charge in [0.1, 0.15) is 5.15 Å². The van der Waals surface area contributed by atoms with Gasteiger partial charge < -0.3 is 5.32 Å². The van der Waals surface area contributed by atoms with Gasteiger partial charge >= 0.3 is 0 Å². The topological polar surface area (TPSA) is 24.9 Å². The molecule has 2 rings (SSSR count). The second kappa shape index (κ2) is 5.15. The minimum Gasteiger partial charge on any atom is -0.314 e. The summed E-state index contributed by atoms with van der Waals surface area (Å²) in [5.74, 6) is 0.935. The van der Waals surface area contributed by atoms with Gasteiger partial charge in [0, 0.05) is 11.7 Å². The standard InChI is InChI=1S/C13H19ClN2/c1-9(15-8-11-3-4-11)5-12-6-10(2)16-13(14)7-12/h6-7,9,11,15H,3-5,8H2,1-2H3. The van der Waals surface area contributed by atoms with Gasteiger partial charge in [0.25, 0.3) is 0 Å². The Bertz CT molecular complexity index is 341. The SMILES string of the molecule is Cc1cc(CC(C)NCC2CC2)cc(Cl)n1. The average Bonchev–Trinajstić information content (AvgIpc) is 2.96. The largest absolute Gasteiger partial charge is 0.314 e. The van der Waals surface area contributed by atoms with Gasteiger partial charge in [0.05, 0.1) is 0 Å². The van der Waals surface area contributed by atoms with E-state index in [4.69, 9.17) is 11.6 Å². The second-order valence-electron chi connectivity index (χ2n) is 4.90. The monoisotopic (exact) mass is 238 g/mol. The molecule has 1 unspecified atom stereocenters. The van der Waals surface area contributed by atoms with E-state index < -0.39 is 0 Å². The molecule has 0 amide bonds. The minimum absolute atomic E-state index is 0.512. The van der Waals surface area contributed by atoms with Crippen LogP contribution in [0.15, 0.2) is 12.1 Å². The van der Waals surface area contributed by atoms with Gasteiger partial charge in [-0.2, -0.15) is 0 Å². The highest BCUT2D eigenvalue weighted by molar-refractivity contribution is 6.29. The summed E-state index contributed by atoms with van der Waals surface area (Å²) in [4.78, 5) is 4.17. The van der Waals surface area contributed by atoms with Gasteiger partial charge in [0.2, 0.25) is 0 Å². The van der Waals surface area contributed by atoms with Crippen LogP contribution in [0.3, 0.4) is 0 Å². The average molecular weight is 239 g/mol. The van der Waals surface area contributed by atoms with E-state index in [1.54, 1.807) is 0 Å². The van der Waals surface area contributed by atoms with Gasteiger partial charge in [-0.1, -0.05) is 11.6 Å². The molecule has 0 aliphatic heterocycles. The lowest BCUT2D eigenvalue weighted by Crippen LogP contribution is -2.29. The predicted octanol–water partition coefficient (Wildman–Crippen LogP) is 2.97. The van der Waals surface area contributed by atoms with Crippen molar-refractivity contribution in [3.63, 3.8) is 0 Å². The molecule has 1 fully saturated rings. The quantitative estimate of drug-likeness (QED) is 0.798. The molecule has 1 aromatic rings. The maximum Gasteiger partial charge on any atom is 0.129 e. The summed E-state index contributed by atoms with van der Waals surface area (Å²) < 4.78 is 0. The zero-order valence-electron chi connectivity index (χ0n) is 9.96. The van der Waals surface area contributed by atoms with Crippen molar-refractivity contribution in [2.24, 2.45) is 5.92 Å². The molecule has 16 heavy (non-hydrogen) atoms. The van der Waals surface area contributed by atoms with Crippen molar-refractivity contribution in [1.29, 1.82) is 0 Å². The summed E-state index contributed by atoms with van der Waals surface area (Å²) in [6.07, 6.45) is 3.83. The number of rotatable bonds is 5. The van der Waals surface area contributed by atoms with Crippen LogP contribution in [0.1, 0.15) is 31.0 Å². The molecule has 1 aromatic heterocycles. The highest BCUT2D eigenvalue weighted by Crippen LogP contribution is 2.27. The van der Waals surface area contributed by atoms with Crippen molar-refractivity contribution < 1.29 is 0 Å². The summed E-state index contributed by atoms with van der Waals surface area (Å²) in [5.41, 5.74) is 2.27. The summed E-state index contributed by atoms with van der Waals surface area (Å²) in [7, 11) is 0. The van der Waals surface area contributed by atoms with E-state index in [9.17, 15) is 0 Å². The Labute approximate surface area is 102 Å². The first-order chi connectivity index (χ1) is 7.63. The highest BCUT2D eigenvalue weighted by Gasteiger charge is 2.21. The Balaban J connectivity index is 1.86. The Morgan fingerprint density at radius 1 is 1.50 bits per heavy atom. The van der Waals surface area contributed by atoms with E-state index in [0.29, 0.717) is 11.2 Å². The molecule has 0 spiro atoms. The molecule has 0 aromatic carbocycles. The molecule has 88 valence electrons. The Morgan fingerprint density at radius 2 is 2.25 bits per heavy atom. The molecule has 1 N–H and O–H groups in total. The number of aromatic nitrogens is 1. The van der Waals surface area contributed by atoms with Crippen LogP contribution in [-0.4, -0.2) is 17.6 Å². The number of hydrogen-bond acceptors (Lipinski definition) is 2. The number of hydrogen-bond donors (Lipinski definition) is 1. The van der Waals surface area contributed by atoms with E-state index in [-0.39, 0.29) is 0 Å². The van der Waals surface area contributed by atoms with E-state index in [0.717, 1.165) is 18.0 Å². The van der Waals surface area contributed by atoms with Crippen LogP contribution in [0.25, 0.3) is 0 Å². The number of aryl methyl sites for hydroxylation is 1. The fraction of sp³-hybridized carbons (Fsp3) is 0.615. The number of pyridine rings is 1. The van der Waals surface area contributed by atoms with Crippen molar-refractivity contribution in [3.8, 4) is 0 Å². The Hall–Kier alpha value is -0.600. The van der Waals surface area contributed by atoms with Crippen LogP contribution >= 0.6 is 11.6 Å². The molecule has 1 saturated carbocycles. The van der Waals surface area contributed by atoms with E-state index >= 15 is 0 Å². The van der Waals surface area contributed by atoms with Crippen LogP contribution in [0.2, 0.25) is 5.15 Å². The van der Waals surface area contributed by atoms with Gasteiger partial charge in [-0.3, -0.25) is 0 Å². The van der Waals surface area contributed by atoms with Crippen molar-refractivity contribution in [2.45, 2.75) is 39.2 Å². The van der Waals surface area contributed by atoms with E-state index in [1.807, 2.05) is 13.0 Å². The lowest BCUT2D eigenvalue weighted by atomic mass is 10.1. The van der Waals surface area contributed by atoms with Crippen LogP contribution in [0.5, 0.6) is 0 Å². The normalized spacial score (nSPS) is 17.4. The molecule has 1 aliphatic rings. The van der Waals surface area contributed by atoms with Crippen molar-refractivity contribution >= 4 is 11.6 Å². The maximum atomic E-state index is 5.94. The molecule has 3 heteroatoms. The van der Waals surface area contributed by atoms with Crippen LogP contribution in [-0.2, 0) is 6.42 Å². The smallest absolute Gasteiger partial charge is 0.129 e. The van der Waals surface area contributed by atoms with Gasteiger partial charge in [-0.25, -0.2) is 4.98 Å². The summed E-state index contributed by atoms with van der Waals surface area (Å²) in [5, 5.41) is 4.17. The van der Waals surface area contributed by atoms with Crippen molar-refractivity contribution in [1.82, 2.24) is 10.3 Å².